The summed E-state index contributed by atoms with van der Waals surface area (Å²) in [6.45, 7) is 0. The van der Waals surface area contributed by atoms with Gasteiger partial charge in [-0.15, -0.1) is 0 Å². The average molecular weight is 234 g/mol. The molecule has 0 fully saturated rings. The van der Waals surface area contributed by atoms with Crippen molar-refractivity contribution in [1.29, 1.82) is 0 Å². The summed E-state index contributed by atoms with van der Waals surface area (Å²) in [6, 6.07) is 2.10. The molecule has 0 spiro atoms. The van der Waals surface area contributed by atoms with Crippen LogP contribution in [0, 0.1) is 5.82 Å². The first-order valence-electron chi connectivity index (χ1n) is 3.00. The van der Waals surface area contributed by atoms with Gasteiger partial charge in [-0.3, -0.25) is 0 Å². The fourth-order valence-electron chi connectivity index (χ4n) is 0.730. The van der Waals surface area contributed by atoms with E-state index >= 15 is 0 Å². The maximum absolute atomic E-state index is 12.8. The highest BCUT2D eigenvalue weighted by atomic mass is 79.9. The molecule has 0 saturated heterocycles. The summed E-state index contributed by atoms with van der Waals surface area (Å²) in [4.78, 5) is 10.4. The first-order chi connectivity index (χ1) is 5.52. The molecule has 3 N–H and O–H groups in total. The van der Waals surface area contributed by atoms with Crippen molar-refractivity contribution in [3.05, 3.63) is 28.0 Å². The first-order valence-corrected chi connectivity index (χ1v) is 3.79. The minimum atomic E-state index is -1.33. The van der Waals surface area contributed by atoms with Crippen LogP contribution in [0.4, 0.5) is 10.1 Å². The van der Waals surface area contributed by atoms with Crippen molar-refractivity contribution < 1.29 is 14.3 Å². The molecule has 0 saturated carbocycles. The van der Waals surface area contributed by atoms with E-state index in [9.17, 15) is 9.18 Å². The summed E-state index contributed by atoms with van der Waals surface area (Å²) in [6.07, 6.45) is 0. The van der Waals surface area contributed by atoms with Crippen molar-refractivity contribution >= 4 is 27.6 Å². The largest absolute Gasteiger partial charge is 0.478 e. The smallest absolute Gasteiger partial charge is 0.338 e. The Bertz CT molecular complexity index is 340. The van der Waals surface area contributed by atoms with Gasteiger partial charge in [-0.2, -0.15) is 0 Å². The maximum atomic E-state index is 12.8. The average Bonchev–Trinajstić information content (AvgIpc) is 1.96. The zero-order valence-electron chi connectivity index (χ0n) is 5.84. The fourth-order valence-corrected chi connectivity index (χ4v) is 1.05. The Hall–Kier alpha value is -1.10. The van der Waals surface area contributed by atoms with E-state index in [0.29, 0.717) is 4.47 Å². The number of nitrogens with two attached hydrogens (primary N) is 1. The Labute approximate surface area is 76.1 Å². The van der Waals surface area contributed by atoms with E-state index in [1.807, 2.05) is 0 Å². The molecule has 0 aliphatic carbocycles. The number of carboxylic acids is 1. The standard InChI is InChI=1S/C7H5BrFNO2/c8-4-2-5(9)3(7(11)12)1-6(4)10/h1-2H,10H2,(H,11,12). The molecular formula is C7H5BrFNO2. The minimum absolute atomic E-state index is 0.203. The lowest BCUT2D eigenvalue weighted by molar-refractivity contribution is 0.0692. The van der Waals surface area contributed by atoms with Gasteiger partial charge in [-0.25, -0.2) is 9.18 Å². The molecule has 0 heterocycles. The van der Waals surface area contributed by atoms with Crippen LogP contribution in [0.3, 0.4) is 0 Å². The highest BCUT2D eigenvalue weighted by molar-refractivity contribution is 9.10. The number of anilines is 1. The van der Waals surface area contributed by atoms with Gasteiger partial charge in [0.25, 0.3) is 0 Å². The van der Waals surface area contributed by atoms with Crippen LogP contribution >= 0.6 is 15.9 Å². The molecule has 0 unspecified atom stereocenters. The van der Waals surface area contributed by atoms with Gasteiger partial charge in [-0.05, 0) is 28.1 Å². The molecule has 0 radical (unpaired) electrons. The minimum Gasteiger partial charge on any atom is -0.478 e. The van der Waals surface area contributed by atoms with Gasteiger partial charge in [-0.1, -0.05) is 0 Å². The van der Waals surface area contributed by atoms with E-state index < -0.39 is 17.3 Å². The molecule has 0 atom stereocenters. The van der Waals surface area contributed by atoms with Gasteiger partial charge in [0.05, 0.1) is 5.56 Å². The van der Waals surface area contributed by atoms with Gasteiger partial charge in [0.15, 0.2) is 0 Å². The fraction of sp³-hybridized carbons (Fsp3) is 0. The van der Waals surface area contributed by atoms with E-state index in [1.165, 1.54) is 0 Å². The number of halogens is 2. The van der Waals surface area contributed by atoms with Crippen LogP contribution in [0.15, 0.2) is 16.6 Å². The lowest BCUT2D eigenvalue weighted by atomic mass is 10.2. The molecule has 1 aromatic rings. The summed E-state index contributed by atoms with van der Waals surface area (Å²) >= 11 is 2.97. The number of hydrogen-bond acceptors (Lipinski definition) is 2. The summed E-state index contributed by atoms with van der Waals surface area (Å²) < 4.78 is 13.2. The van der Waals surface area contributed by atoms with Crippen LogP contribution in [0.2, 0.25) is 0 Å². The second kappa shape index (κ2) is 3.10. The topological polar surface area (TPSA) is 63.3 Å². The monoisotopic (exact) mass is 233 g/mol. The van der Waals surface area contributed by atoms with Crippen LogP contribution in [0.5, 0.6) is 0 Å². The van der Waals surface area contributed by atoms with E-state index in [-0.39, 0.29) is 5.69 Å². The van der Waals surface area contributed by atoms with Gasteiger partial charge in [0.1, 0.15) is 5.82 Å². The van der Waals surface area contributed by atoms with Crippen LogP contribution in [0.25, 0.3) is 0 Å². The van der Waals surface area contributed by atoms with Crippen LogP contribution < -0.4 is 5.73 Å². The van der Waals surface area contributed by atoms with Crippen molar-refractivity contribution in [2.45, 2.75) is 0 Å². The molecule has 0 aliphatic rings. The first kappa shape index (κ1) is 8.99. The van der Waals surface area contributed by atoms with Crippen molar-refractivity contribution in [3.8, 4) is 0 Å². The summed E-state index contributed by atoms with van der Waals surface area (Å²) in [7, 11) is 0. The second-order valence-corrected chi connectivity index (χ2v) is 3.01. The number of carbonyl (C=O) groups is 1. The Balaban J connectivity index is 3.33. The van der Waals surface area contributed by atoms with Crippen molar-refractivity contribution in [2.75, 3.05) is 5.73 Å². The molecule has 0 amide bonds. The van der Waals surface area contributed by atoms with E-state index in [0.717, 1.165) is 12.1 Å². The zero-order valence-corrected chi connectivity index (χ0v) is 7.43. The zero-order chi connectivity index (χ0) is 9.30. The number of benzene rings is 1. The summed E-state index contributed by atoms with van der Waals surface area (Å²) in [5, 5.41) is 8.47. The number of aromatic carboxylic acids is 1. The normalized spacial score (nSPS) is 9.83. The van der Waals surface area contributed by atoms with Crippen LogP contribution in [-0.4, -0.2) is 11.1 Å². The van der Waals surface area contributed by atoms with Crippen molar-refractivity contribution in [3.63, 3.8) is 0 Å². The van der Waals surface area contributed by atoms with Crippen molar-refractivity contribution in [2.24, 2.45) is 0 Å². The summed E-state index contributed by atoms with van der Waals surface area (Å²) in [5.74, 6) is -2.13. The van der Waals surface area contributed by atoms with E-state index in [2.05, 4.69) is 15.9 Å². The maximum Gasteiger partial charge on any atom is 0.338 e. The molecular weight excluding hydrogens is 229 g/mol. The van der Waals surface area contributed by atoms with Gasteiger partial charge in [0.2, 0.25) is 0 Å². The number of carboxylic acid groups (broad SMARTS) is 1. The third-order valence-corrected chi connectivity index (χ3v) is 2.00. The summed E-state index contributed by atoms with van der Waals surface area (Å²) in [5.41, 5.74) is 5.13. The second-order valence-electron chi connectivity index (χ2n) is 2.16. The number of hydrogen-bond donors (Lipinski definition) is 2. The lowest BCUT2D eigenvalue weighted by Crippen LogP contribution is -2.02. The van der Waals surface area contributed by atoms with Gasteiger partial charge < -0.3 is 10.8 Å². The molecule has 5 heteroatoms. The third kappa shape index (κ3) is 1.55. The van der Waals surface area contributed by atoms with Gasteiger partial charge in [0, 0.05) is 10.2 Å². The molecule has 0 bridgehead atoms. The van der Waals surface area contributed by atoms with E-state index in [4.69, 9.17) is 10.8 Å². The van der Waals surface area contributed by atoms with Crippen LogP contribution in [0.1, 0.15) is 10.4 Å². The highest BCUT2D eigenvalue weighted by Gasteiger charge is 2.11. The molecule has 1 rings (SSSR count). The Morgan fingerprint density at radius 2 is 2.17 bits per heavy atom. The molecule has 64 valence electrons. The number of nitrogen functional groups attached to an aromatic ring is 1. The van der Waals surface area contributed by atoms with E-state index in [1.54, 1.807) is 0 Å². The highest BCUT2D eigenvalue weighted by Crippen LogP contribution is 2.22. The third-order valence-electron chi connectivity index (χ3n) is 1.32. The lowest BCUT2D eigenvalue weighted by Gasteiger charge is -2.01. The van der Waals surface area contributed by atoms with Gasteiger partial charge >= 0.3 is 5.97 Å². The predicted molar refractivity (Wildman–Crippen MR) is 45.5 cm³/mol. The molecule has 3 nitrogen and oxygen atoms in total. The molecule has 1 aromatic carbocycles. The molecule has 0 aromatic heterocycles. The Kier molecular flexibility index (Phi) is 2.32. The van der Waals surface area contributed by atoms with Crippen molar-refractivity contribution in [1.82, 2.24) is 0 Å². The van der Waals surface area contributed by atoms with Crippen LogP contribution in [-0.2, 0) is 0 Å². The molecule has 12 heavy (non-hydrogen) atoms. The number of rotatable bonds is 1. The quantitative estimate of drug-likeness (QED) is 0.729. The molecule has 0 aliphatic heterocycles. The predicted octanol–water partition coefficient (Wildman–Crippen LogP) is 1.87. The SMILES string of the molecule is Nc1cc(C(=O)O)c(F)cc1Br. The Morgan fingerprint density at radius 3 is 2.67 bits per heavy atom. The Morgan fingerprint density at radius 1 is 1.58 bits per heavy atom.